The first-order valence-corrected chi connectivity index (χ1v) is 5.76. The molecule has 98 valence electrons. The second kappa shape index (κ2) is 5.81. The van der Waals surface area contributed by atoms with Gasteiger partial charge in [-0.2, -0.15) is 0 Å². The molecule has 0 atom stereocenters. The second-order valence-corrected chi connectivity index (χ2v) is 4.04. The van der Waals surface area contributed by atoms with Gasteiger partial charge in [-0.25, -0.2) is 4.98 Å². The third-order valence-electron chi connectivity index (χ3n) is 2.62. The number of aromatic nitrogens is 2. The van der Waals surface area contributed by atoms with Crippen molar-refractivity contribution in [3.8, 4) is 0 Å². The predicted molar refractivity (Wildman–Crippen MR) is 73.1 cm³/mol. The Kier molecular flexibility index (Phi) is 3.92. The zero-order valence-corrected chi connectivity index (χ0v) is 10.6. The number of hydrogen-bond donors (Lipinski definition) is 2. The van der Waals surface area contributed by atoms with Crippen molar-refractivity contribution in [2.24, 2.45) is 10.9 Å². The van der Waals surface area contributed by atoms with Crippen molar-refractivity contribution < 1.29 is 5.21 Å². The fourth-order valence-corrected chi connectivity index (χ4v) is 1.65. The Balaban J connectivity index is 2.17. The van der Waals surface area contributed by atoms with Crippen LogP contribution in [0.1, 0.15) is 11.4 Å². The van der Waals surface area contributed by atoms with E-state index in [0.717, 1.165) is 11.5 Å². The molecule has 0 spiro atoms. The summed E-state index contributed by atoms with van der Waals surface area (Å²) in [5, 5.41) is 11.6. The first-order chi connectivity index (χ1) is 9.20. The minimum absolute atomic E-state index is 0.00640. The highest BCUT2D eigenvalue weighted by atomic mass is 16.4. The van der Waals surface area contributed by atoms with Gasteiger partial charge in [0.05, 0.1) is 12.2 Å². The third-order valence-corrected chi connectivity index (χ3v) is 2.62. The fourth-order valence-electron chi connectivity index (χ4n) is 1.65. The number of rotatable bonds is 4. The number of oxime groups is 1. The number of pyridine rings is 2. The molecule has 0 bridgehead atoms. The largest absolute Gasteiger partial charge is 0.409 e. The van der Waals surface area contributed by atoms with Crippen LogP contribution in [-0.4, -0.2) is 28.1 Å². The number of nitrogens with zero attached hydrogens (tertiary/aromatic N) is 4. The predicted octanol–water partition coefficient (Wildman–Crippen LogP) is 1.21. The quantitative estimate of drug-likeness (QED) is 0.372. The lowest BCUT2D eigenvalue weighted by molar-refractivity contribution is 0.318. The van der Waals surface area contributed by atoms with Gasteiger partial charge in [0.2, 0.25) is 0 Å². The Morgan fingerprint density at radius 3 is 2.84 bits per heavy atom. The molecule has 0 radical (unpaired) electrons. The Hall–Kier alpha value is -2.63. The van der Waals surface area contributed by atoms with Crippen molar-refractivity contribution in [2.75, 3.05) is 11.9 Å². The molecule has 2 aromatic heterocycles. The van der Waals surface area contributed by atoms with Gasteiger partial charge in [-0.15, -0.1) is 0 Å². The molecule has 0 aliphatic heterocycles. The minimum atomic E-state index is -0.00640. The van der Waals surface area contributed by atoms with E-state index in [2.05, 4.69) is 15.1 Å². The van der Waals surface area contributed by atoms with Gasteiger partial charge >= 0.3 is 0 Å². The summed E-state index contributed by atoms with van der Waals surface area (Å²) in [4.78, 5) is 10.5. The molecule has 0 saturated heterocycles. The van der Waals surface area contributed by atoms with E-state index in [4.69, 9.17) is 10.9 Å². The SMILES string of the molecule is CN(Cc1ccccn1)c1cccc(C(N)=NO)n1. The highest BCUT2D eigenvalue weighted by Crippen LogP contribution is 2.12. The van der Waals surface area contributed by atoms with Gasteiger partial charge in [-0.1, -0.05) is 17.3 Å². The van der Waals surface area contributed by atoms with E-state index in [1.165, 1.54) is 0 Å². The fraction of sp³-hybridized carbons (Fsp3) is 0.154. The molecule has 0 fully saturated rings. The van der Waals surface area contributed by atoms with Gasteiger partial charge in [0.1, 0.15) is 11.5 Å². The molecule has 0 aliphatic rings. The highest BCUT2D eigenvalue weighted by molar-refractivity contribution is 5.95. The standard InChI is InChI=1S/C13H15N5O/c1-18(9-10-5-2-3-8-15-10)12-7-4-6-11(16-12)13(14)17-19/h2-8,19H,9H2,1H3,(H2,14,17). The molecule has 0 amide bonds. The Morgan fingerprint density at radius 2 is 2.16 bits per heavy atom. The van der Waals surface area contributed by atoms with Crippen LogP contribution in [0, 0.1) is 0 Å². The smallest absolute Gasteiger partial charge is 0.188 e. The van der Waals surface area contributed by atoms with Crippen molar-refractivity contribution >= 4 is 11.7 Å². The zero-order chi connectivity index (χ0) is 13.7. The maximum atomic E-state index is 8.65. The second-order valence-electron chi connectivity index (χ2n) is 4.04. The van der Waals surface area contributed by atoms with Gasteiger partial charge in [0.15, 0.2) is 5.84 Å². The van der Waals surface area contributed by atoms with Crippen LogP contribution in [0.5, 0.6) is 0 Å². The summed E-state index contributed by atoms with van der Waals surface area (Å²) < 4.78 is 0. The topological polar surface area (TPSA) is 87.6 Å². The Bertz CT molecular complexity index is 570. The lowest BCUT2D eigenvalue weighted by atomic mass is 10.3. The molecule has 2 aromatic rings. The monoisotopic (exact) mass is 257 g/mol. The van der Waals surface area contributed by atoms with Gasteiger partial charge in [-0.05, 0) is 24.3 Å². The highest BCUT2D eigenvalue weighted by Gasteiger charge is 2.07. The third kappa shape index (κ3) is 3.19. The van der Waals surface area contributed by atoms with Crippen molar-refractivity contribution in [1.29, 1.82) is 0 Å². The molecular formula is C13H15N5O. The first-order valence-electron chi connectivity index (χ1n) is 5.76. The van der Waals surface area contributed by atoms with E-state index in [-0.39, 0.29) is 5.84 Å². The molecule has 2 rings (SSSR count). The van der Waals surface area contributed by atoms with Gasteiger partial charge in [-0.3, -0.25) is 4.98 Å². The molecule has 2 heterocycles. The van der Waals surface area contributed by atoms with Crippen molar-refractivity contribution in [3.05, 3.63) is 54.0 Å². The Morgan fingerprint density at radius 1 is 1.32 bits per heavy atom. The van der Waals surface area contributed by atoms with Crippen LogP contribution in [-0.2, 0) is 6.54 Å². The molecular weight excluding hydrogens is 242 g/mol. The minimum Gasteiger partial charge on any atom is -0.409 e. The molecule has 6 nitrogen and oxygen atoms in total. The van der Waals surface area contributed by atoms with Crippen molar-refractivity contribution in [1.82, 2.24) is 9.97 Å². The summed E-state index contributed by atoms with van der Waals surface area (Å²) in [5.74, 6) is 0.725. The lowest BCUT2D eigenvalue weighted by Crippen LogP contribution is -2.21. The average molecular weight is 257 g/mol. The van der Waals surface area contributed by atoms with Gasteiger partial charge < -0.3 is 15.8 Å². The Labute approximate surface area is 111 Å². The summed E-state index contributed by atoms with van der Waals surface area (Å²) >= 11 is 0. The van der Waals surface area contributed by atoms with Crippen molar-refractivity contribution in [3.63, 3.8) is 0 Å². The maximum absolute atomic E-state index is 8.65. The first kappa shape index (κ1) is 12.8. The average Bonchev–Trinajstić information content (AvgIpc) is 2.47. The maximum Gasteiger partial charge on any atom is 0.188 e. The van der Waals surface area contributed by atoms with E-state index < -0.39 is 0 Å². The number of anilines is 1. The van der Waals surface area contributed by atoms with Crippen LogP contribution in [0.4, 0.5) is 5.82 Å². The summed E-state index contributed by atoms with van der Waals surface area (Å²) in [7, 11) is 1.91. The van der Waals surface area contributed by atoms with Gasteiger partial charge in [0.25, 0.3) is 0 Å². The van der Waals surface area contributed by atoms with E-state index in [1.807, 2.05) is 42.3 Å². The van der Waals surface area contributed by atoms with E-state index >= 15 is 0 Å². The molecule has 19 heavy (non-hydrogen) atoms. The van der Waals surface area contributed by atoms with Crippen LogP contribution in [0.25, 0.3) is 0 Å². The molecule has 0 saturated carbocycles. The number of hydrogen-bond acceptors (Lipinski definition) is 5. The van der Waals surface area contributed by atoms with E-state index in [9.17, 15) is 0 Å². The number of nitrogens with two attached hydrogens (primary N) is 1. The van der Waals surface area contributed by atoms with E-state index in [1.54, 1.807) is 12.3 Å². The van der Waals surface area contributed by atoms with Crippen molar-refractivity contribution in [2.45, 2.75) is 6.54 Å². The molecule has 0 aromatic carbocycles. The van der Waals surface area contributed by atoms with Crippen LogP contribution in [0.3, 0.4) is 0 Å². The lowest BCUT2D eigenvalue weighted by Gasteiger charge is -2.18. The summed E-state index contributed by atoms with van der Waals surface area (Å²) in [6.07, 6.45) is 1.75. The molecule has 6 heteroatoms. The summed E-state index contributed by atoms with van der Waals surface area (Å²) in [6, 6.07) is 11.1. The zero-order valence-electron chi connectivity index (χ0n) is 10.6. The molecule has 0 aliphatic carbocycles. The summed E-state index contributed by atoms with van der Waals surface area (Å²) in [6.45, 7) is 0.632. The molecule has 0 unspecified atom stereocenters. The van der Waals surface area contributed by atoms with Crippen LogP contribution >= 0.6 is 0 Å². The van der Waals surface area contributed by atoms with Gasteiger partial charge in [0, 0.05) is 13.2 Å². The summed E-state index contributed by atoms with van der Waals surface area (Å²) in [5.41, 5.74) is 6.91. The van der Waals surface area contributed by atoms with Crippen LogP contribution in [0.2, 0.25) is 0 Å². The number of amidine groups is 1. The van der Waals surface area contributed by atoms with Crippen LogP contribution < -0.4 is 10.6 Å². The normalized spacial score (nSPS) is 11.3. The van der Waals surface area contributed by atoms with E-state index in [0.29, 0.717) is 12.2 Å². The van der Waals surface area contributed by atoms with Crippen LogP contribution in [0.15, 0.2) is 47.8 Å². The molecule has 3 N–H and O–H groups in total.